The van der Waals surface area contributed by atoms with Crippen LogP contribution < -0.4 is 10.1 Å². The highest BCUT2D eigenvalue weighted by Crippen LogP contribution is 2.35. The van der Waals surface area contributed by atoms with E-state index in [1.165, 1.54) is 12.1 Å². The lowest BCUT2D eigenvalue weighted by Gasteiger charge is -2.21. The topological polar surface area (TPSA) is 64.1 Å². The first-order valence-corrected chi connectivity index (χ1v) is 10.9. The molecule has 3 aromatic rings. The number of hydrogen-bond acceptors (Lipinski definition) is 4. The summed E-state index contributed by atoms with van der Waals surface area (Å²) in [5.74, 6) is -4.75. The third-order valence-electron chi connectivity index (χ3n) is 5.82. The Labute approximate surface area is 198 Å². The second kappa shape index (κ2) is 9.24. The highest BCUT2D eigenvalue weighted by atomic mass is 19.4. The number of aromatic nitrogens is 2. The first-order valence-electron chi connectivity index (χ1n) is 10.9. The number of halogens is 5. The Morgan fingerprint density at radius 1 is 1.03 bits per heavy atom. The van der Waals surface area contributed by atoms with Crippen molar-refractivity contribution in [1.82, 2.24) is 15.5 Å². The number of aryl methyl sites for hydroxylation is 3. The van der Waals surface area contributed by atoms with Crippen molar-refractivity contribution in [2.75, 3.05) is 6.54 Å². The van der Waals surface area contributed by atoms with Gasteiger partial charge in [0.05, 0.1) is 17.8 Å². The smallest absolute Gasteiger partial charge is 0.416 e. The number of carbonyl (C=O) groups excluding carboxylic acids is 1. The second-order valence-electron chi connectivity index (χ2n) is 8.49. The first kappa shape index (κ1) is 24.6. The molecular weight excluding hydrogens is 469 g/mol. The Morgan fingerprint density at radius 3 is 2.51 bits per heavy atom. The van der Waals surface area contributed by atoms with Crippen molar-refractivity contribution in [2.24, 2.45) is 0 Å². The average Bonchev–Trinajstić information content (AvgIpc) is 3.25. The minimum Gasteiger partial charge on any atom is -0.437 e. The molecule has 1 aliphatic rings. The number of nitrogens with zero attached hydrogens (tertiary/aromatic N) is 2. The maximum absolute atomic E-state index is 14.9. The lowest BCUT2D eigenvalue weighted by molar-refractivity contribution is -0.137. The van der Waals surface area contributed by atoms with Gasteiger partial charge in [-0.05, 0) is 62.4 Å². The van der Waals surface area contributed by atoms with Crippen molar-refractivity contribution in [3.63, 3.8) is 0 Å². The van der Waals surface area contributed by atoms with Crippen molar-refractivity contribution in [3.05, 3.63) is 81.5 Å². The maximum atomic E-state index is 14.9. The van der Waals surface area contributed by atoms with Crippen molar-refractivity contribution in [1.29, 1.82) is 0 Å². The summed E-state index contributed by atoms with van der Waals surface area (Å²) in [6.07, 6.45) is -2.93. The molecule has 0 bridgehead atoms. The van der Waals surface area contributed by atoms with Gasteiger partial charge in [0.2, 0.25) is 0 Å². The number of benzene rings is 2. The fourth-order valence-electron chi connectivity index (χ4n) is 4.14. The van der Waals surface area contributed by atoms with E-state index in [2.05, 4.69) is 15.5 Å². The average molecular weight is 491 g/mol. The summed E-state index contributed by atoms with van der Waals surface area (Å²) < 4.78 is 74.6. The summed E-state index contributed by atoms with van der Waals surface area (Å²) >= 11 is 0. The van der Waals surface area contributed by atoms with Gasteiger partial charge < -0.3 is 10.1 Å². The fraction of sp³-hybridized carbons (Fsp3) is 0.320. The number of fused-ring (bicyclic) bond motifs is 1. The zero-order valence-corrected chi connectivity index (χ0v) is 19.0. The number of amides is 1. The Balaban J connectivity index is 1.62. The molecule has 1 N–H and O–H groups in total. The zero-order valence-electron chi connectivity index (χ0n) is 19.0. The van der Waals surface area contributed by atoms with Gasteiger partial charge in [0, 0.05) is 5.56 Å². The zero-order chi connectivity index (χ0) is 25.4. The summed E-state index contributed by atoms with van der Waals surface area (Å²) in [5.41, 5.74) is 1.01. The summed E-state index contributed by atoms with van der Waals surface area (Å²) in [5, 5.41) is 10.2. The highest BCUT2D eigenvalue weighted by Gasteiger charge is 2.35. The monoisotopic (exact) mass is 491 g/mol. The minimum absolute atomic E-state index is 0.0960. The van der Waals surface area contributed by atoms with E-state index in [1.807, 2.05) is 0 Å². The Morgan fingerprint density at radius 2 is 1.80 bits per heavy atom. The van der Waals surface area contributed by atoms with Gasteiger partial charge in [0.25, 0.3) is 17.7 Å². The molecule has 0 atom stereocenters. The van der Waals surface area contributed by atoms with Crippen LogP contribution in [0.3, 0.4) is 0 Å². The van der Waals surface area contributed by atoms with Gasteiger partial charge in [-0.25, -0.2) is 0 Å². The molecule has 4 rings (SSSR count). The molecule has 10 heteroatoms. The Hall–Kier alpha value is -3.56. The van der Waals surface area contributed by atoms with Gasteiger partial charge in [-0.15, -0.1) is 5.10 Å². The summed E-state index contributed by atoms with van der Waals surface area (Å²) in [6.45, 7) is 2.38. The molecule has 0 spiro atoms. The van der Waals surface area contributed by atoms with E-state index < -0.39 is 30.1 Å². The third kappa shape index (κ3) is 5.26. The van der Waals surface area contributed by atoms with Gasteiger partial charge in [-0.2, -0.15) is 27.1 Å². The molecule has 1 amide bonds. The molecular formula is C25H22F5N3O2. The van der Waals surface area contributed by atoms with Crippen LogP contribution >= 0.6 is 0 Å². The van der Waals surface area contributed by atoms with E-state index in [4.69, 9.17) is 4.74 Å². The summed E-state index contributed by atoms with van der Waals surface area (Å²) in [7, 11) is 0. The first-order chi connectivity index (χ1) is 16.5. The molecule has 1 aliphatic carbocycles. The van der Waals surface area contributed by atoms with E-state index in [9.17, 15) is 26.7 Å². The number of hydrogen-bond donors (Lipinski definition) is 1. The van der Waals surface area contributed by atoms with Gasteiger partial charge in [-0.3, -0.25) is 4.79 Å². The quantitative estimate of drug-likeness (QED) is 0.435. The van der Waals surface area contributed by atoms with Crippen LogP contribution in [0.2, 0.25) is 0 Å². The van der Waals surface area contributed by atoms with Crippen LogP contribution in [0.15, 0.2) is 42.5 Å². The largest absolute Gasteiger partial charge is 0.437 e. The number of ether oxygens (including phenoxy) is 1. The van der Waals surface area contributed by atoms with Crippen LogP contribution in [0.5, 0.6) is 11.6 Å². The van der Waals surface area contributed by atoms with Crippen LogP contribution in [0.25, 0.3) is 0 Å². The predicted octanol–water partition coefficient (Wildman–Crippen LogP) is 5.92. The fourth-order valence-corrected chi connectivity index (χ4v) is 4.14. The van der Waals surface area contributed by atoms with Crippen LogP contribution in [-0.2, 0) is 24.9 Å². The highest BCUT2D eigenvalue weighted by molar-refractivity contribution is 5.98. The van der Waals surface area contributed by atoms with Crippen molar-refractivity contribution in [3.8, 4) is 11.6 Å². The molecule has 0 saturated heterocycles. The van der Waals surface area contributed by atoms with Gasteiger partial charge in [0.1, 0.15) is 11.3 Å². The lowest BCUT2D eigenvalue weighted by atomic mass is 10.00. The minimum atomic E-state index is -4.59. The van der Waals surface area contributed by atoms with E-state index in [-0.39, 0.29) is 22.8 Å². The molecule has 0 radical (unpaired) electrons. The Kier molecular flexibility index (Phi) is 6.48. The van der Waals surface area contributed by atoms with E-state index in [0.717, 1.165) is 23.8 Å². The van der Waals surface area contributed by atoms with Gasteiger partial charge in [-0.1, -0.05) is 29.8 Å². The summed E-state index contributed by atoms with van der Waals surface area (Å²) in [4.78, 5) is 13.1. The molecule has 5 nitrogen and oxygen atoms in total. The number of carbonyl (C=O) groups is 1. The van der Waals surface area contributed by atoms with Crippen LogP contribution in [-0.4, -0.2) is 22.6 Å². The lowest BCUT2D eigenvalue weighted by Crippen LogP contribution is -2.36. The molecule has 0 saturated carbocycles. The van der Waals surface area contributed by atoms with Crippen molar-refractivity contribution >= 4 is 5.91 Å². The predicted molar refractivity (Wildman–Crippen MR) is 118 cm³/mol. The normalized spacial score (nSPS) is 13.5. The van der Waals surface area contributed by atoms with Crippen LogP contribution in [0.4, 0.5) is 22.0 Å². The van der Waals surface area contributed by atoms with E-state index >= 15 is 0 Å². The number of nitrogens with one attached hydrogen (secondary N) is 1. The third-order valence-corrected chi connectivity index (χ3v) is 5.82. The van der Waals surface area contributed by atoms with Gasteiger partial charge in [0.15, 0.2) is 0 Å². The van der Waals surface area contributed by atoms with E-state index in [1.54, 1.807) is 26.0 Å². The number of alkyl halides is 5. The molecule has 0 fully saturated rings. The van der Waals surface area contributed by atoms with Crippen LogP contribution in [0, 0.1) is 13.8 Å². The SMILES string of the molecule is Cc1ccc(C(F)(F)CNC(=O)c2c(Oc3cccc(C(F)(F)F)c3)nnc3c2CCC3)c(C)c1. The van der Waals surface area contributed by atoms with Crippen LogP contribution in [0.1, 0.15) is 50.3 Å². The second-order valence-corrected chi connectivity index (χ2v) is 8.49. The molecule has 35 heavy (non-hydrogen) atoms. The molecule has 1 aromatic heterocycles. The number of rotatable bonds is 6. The maximum Gasteiger partial charge on any atom is 0.416 e. The van der Waals surface area contributed by atoms with Gasteiger partial charge >= 0.3 is 6.18 Å². The molecule has 2 aromatic carbocycles. The standard InChI is InChI=1S/C25H22F5N3O2/c1-14-9-10-19(15(2)11-14)24(26,27)13-31-22(34)21-18-7-4-8-20(18)32-33-23(21)35-17-6-3-5-16(12-17)25(28,29)30/h3,5-6,9-12H,4,7-8,13H2,1-2H3,(H,31,34). The molecule has 0 unspecified atom stereocenters. The molecule has 0 aliphatic heterocycles. The molecule has 1 heterocycles. The summed E-state index contributed by atoms with van der Waals surface area (Å²) in [6, 6.07) is 8.60. The molecule has 184 valence electrons. The van der Waals surface area contributed by atoms with Crippen molar-refractivity contribution < 1.29 is 31.5 Å². The van der Waals surface area contributed by atoms with E-state index in [0.29, 0.717) is 36.1 Å². The Bertz CT molecular complexity index is 1270. The van der Waals surface area contributed by atoms with Crippen molar-refractivity contribution in [2.45, 2.75) is 45.2 Å².